The second kappa shape index (κ2) is 7.83. The van der Waals surface area contributed by atoms with Gasteiger partial charge in [-0.25, -0.2) is 14.8 Å². The molecule has 1 aromatic carbocycles. The number of hydrogen-bond donors (Lipinski definition) is 2. The molecule has 0 saturated carbocycles. The quantitative estimate of drug-likeness (QED) is 0.613. The van der Waals surface area contributed by atoms with Crippen LogP contribution in [-0.2, 0) is 0 Å². The Morgan fingerprint density at radius 2 is 2.08 bits per heavy atom. The maximum absolute atomic E-state index is 11.8. The fourth-order valence-corrected chi connectivity index (χ4v) is 2.42. The number of anilines is 2. The van der Waals surface area contributed by atoms with Gasteiger partial charge in [-0.15, -0.1) is 0 Å². The maximum Gasteiger partial charge on any atom is 0.341 e. The van der Waals surface area contributed by atoms with E-state index in [9.17, 15) is 9.90 Å². The number of carboxylic acids is 1. The van der Waals surface area contributed by atoms with E-state index in [-0.39, 0.29) is 11.4 Å². The van der Waals surface area contributed by atoms with Crippen LogP contribution >= 0.6 is 11.8 Å². The second-order valence-electron chi connectivity index (χ2n) is 5.40. The van der Waals surface area contributed by atoms with Crippen molar-refractivity contribution in [2.75, 3.05) is 25.7 Å². The summed E-state index contributed by atoms with van der Waals surface area (Å²) in [4.78, 5) is 22.2. The lowest BCUT2D eigenvalue weighted by Crippen LogP contribution is -2.11. The lowest BCUT2D eigenvalue weighted by molar-refractivity contribution is 0.0696. The average Bonchev–Trinajstić information content (AvgIpc) is 2.52. The molecule has 7 heteroatoms. The lowest BCUT2D eigenvalue weighted by atomic mass is 10.2. The highest BCUT2D eigenvalue weighted by Crippen LogP contribution is 2.25. The zero-order chi connectivity index (χ0) is 17.7. The molecule has 0 bridgehead atoms. The monoisotopic (exact) mass is 344 g/mol. The van der Waals surface area contributed by atoms with Crippen LogP contribution in [0.5, 0.6) is 0 Å². The van der Waals surface area contributed by atoms with Gasteiger partial charge in [0, 0.05) is 26.0 Å². The molecule has 0 aliphatic carbocycles. The Balaban J connectivity index is 2.55. The summed E-state index contributed by atoms with van der Waals surface area (Å²) < 4.78 is 0. The molecule has 0 amide bonds. The number of carbonyl (C=O) groups is 1. The van der Waals surface area contributed by atoms with Gasteiger partial charge in [0.25, 0.3) is 0 Å². The summed E-state index contributed by atoms with van der Waals surface area (Å²) in [5.74, 6) is -0.790. The van der Waals surface area contributed by atoms with Gasteiger partial charge in [-0.3, -0.25) is 0 Å². The predicted molar refractivity (Wildman–Crippen MR) is 98.0 cm³/mol. The molecule has 2 N–H and O–H groups in total. The number of nitrogens with one attached hydrogen (secondary N) is 1. The van der Waals surface area contributed by atoms with Crippen molar-refractivity contribution in [2.24, 2.45) is 0 Å². The molecule has 0 spiro atoms. The van der Waals surface area contributed by atoms with Crippen molar-refractivity contribution in [2.45, 2.75) is 12.1 Å². The molecule has 6 nitrogen and oxygen atoms in total. The van der Waals surface area contributed by atoms with E-state index in [1.54, 1.807) is 12.3 Å². The van der Waals surface area contributed by atoms with Crippen LogP contribution in [0.3, 0.4) is 0 Å². The topological polar surface area (TPSA) is 78.4 Å². The Kier molecular flexibility index (Phi) is 5.81. The zero-order valence-corrected chi connectivity index (χ0v) is 14.9. The van der Waals surface area contributed by atoms with Gasteiger partial charge in [-0.2, -0.15) is 0 Å². The molecule has 126 valence electrons. The minimum atomic E-state index is -1.07. The minimum Gasteiger partial charge on any atom is -0.477 e. The first-order valence-electron chi connectivity index (χ1n) is 7.28. The van der Waals surface area contributed by atoms with E-state index in [2.05, 4.69) is 15.3 Å². The van der Waals surface area contributed by atoms with Crippen molar-refractivity contribution in [3.63, 3.8) is 0 Å². The third-order valence-electron chi connectivity index (χ3n) is 3.12. The lowest BCUT2D eigenvalue weighted by Gasteiger charge is -2.13. The van der Waals surface area contributed by atoms with Crippen molar-refractivity contribution < 1.29 is 9.90 Å². The van der Waals surface area contributed by atoms with Crippen LogP contribution in [0.1, 0.15) is 21.6 Å². The number of rotatable bonds is 6. The van der Waals surface area contributed by atoms with Crippen LogP contribution in [0.2, 0.25) is 0 Å². The summed E-state index contributed by atoms with van der Waals surface area (Å²) >= 11 is 1.36. The largest absolute Gasteiger partial charge is 0.477 e. The van der Waals surface area contributed by atoms with Gasteiger partial charge in [-0.1, -0.05) is 23.9 Å². The van der Waals surface area contributed by atoms with E-state index in [0.29, 0.717) is 10.9 Å². The highest BCUT2D eigenvalue weighted by molar-refractivity contribution is 7.98. The molecule has 0 atom stereocenters. The molecular weight excluding hydrogens is 324 g/mol. The molecule has 1 aromatic heterocycles. The summed E-state index contributed by atoms with van der Waals surface area (Å²) in [7, 11) is 3.72. The summed E-state index contributed by atoms with van der Waals surface area (Å²) in [5.41, 5.74) is 2.27. The van der Waals surface area contributed by atoms with Crippen molar-refractivity contribution in [1.82, 2.24) is 14.9 Å². The highest BCUT2D eigenvalue weighted by atomic mass is 32.2. The SMILES string of the molecule is CSc1nc(C=CN(C)C)c(C(=O)O)c(Nc2cccc(C)c2)n1. The van der Waals surface area contributed by atoms with Crippen LogP contribution < -0.4 is 5.32 Å². The number of aryl methyl sites for hydroxylation is 1. The number of hydrogen-bond acceptors (Lipinski definition) is 6. The maximum atomic E-state index is 11.8. The minimum absolute atomic E-state index is 0.0485. The van der Waals surface area contributed by atoms with Crippen molar-refractivity contribution in [3.05, 3.63) is 47.3 Å². The standard InChI is InChI=1S/C17H20N4O2S/c1-11-6-5-7-12(10-11)18-15-14(16(22)23)13(8-9-21(2)3)19-17(20-15)24-4/h5-10H,1-4H3,(H,22,23)(H,18,19,20). The first-order chi connectivity index (χ1) is 11.4. The van der Waals surface area contributed by atoms with E-state index in [1.807, 2.05) is 56.4 Å². The molecule has 0 fully saturated rings. The third kappa shape index (κ3) is 4.48. The van der Waals surface area contributed by atoms with Gasteiger partial charge in [0.2, 0.25) is 0 Å². The molecule has 0 radical (unpaired) electrons. The second-order valence-corrected chi connectivity index (χ2v) is 6.17. The molecule has 24 heavy (non-hydrogen) atoms. The summed E-state index contributed by atoms with van der Waals surface area (Å²) in [6, 6.07) is 7.68. The van der Waals surface area contributed by atoms with Gasteiger partial charge in [-0.05, 0) is 37.0 Å². The van der Waals surface area contributed by atoms with Gasteiger partial charge in [0.1, 0.15) is 11.4 Å². The summed E-state index contributed by atoms with van der Waals surface area (Å²) in [5, 5.41) is 13.2. The molecule has 0 aliphatic rings. The van der Waals surface area contributed by atoms with Crippen molar-refractivity contribution >= 4 is 35.3 Å². The predicted octanol–water partition coefficient (Wildman–Crippen LogP) is 3.48. The van der Waals surface area contributed by atoms with Crippen LogP contribution in [0.25, 0.3) is 6.08 Å². The Labute approximate surface area is 145 Å². The fourth-order valence-electron chi connectivity index (χ4n) is 2.05. The van der Waals surface area contributed by atoms with Gasteiger partial charge >= 0.3 is 5.97 Å². The normalized spacial score (nSPS) is 10.8. The number of aromatic nitrogens is 2. The van der Waals surface area contributed by atoms with Gasteiger partial charge in [0.05, 0.1) is 5.69 Å². The van der Waals surface area contributed by atoms with Crippen LogP contribution in [0, 0.1) is 6.92 Å². The van der Waals surface area contributed by atoms with Crippen LogP contribution in [0.4, 0.5) is 11.5 Å². The number of aromatic carboxylic acids is 1. The van der Waals surface area contributed by atoms with E-state index < -0.39 is 5.97 Å². The zero-order valence-electron chi connectivity index (χ0n) is 14.1. The van der Waals surface area contributed by atoms with Gasteiger partial charge in [0.15, 0.2) is 5.16 Å². The smallest absolute Gasteiger partial charge is 0.341 e. The molecular formula is C17H20N4O2S. The molecule has 0 unspecified atom stereocenters. The number of carboxylic acid groups (broad SMARTS) is 1. The van der Waals surface area contributed by atoms with Crippen molar-refractivity contribution in [1.29, 1.82) is 0 Å². The Morgan fingerprint density at radius 3 is 2.67 bits per heavy atom. The van der Waals surface area contributed by atoms with E-state index in [1.165, 1.54) is 11.8 Å². The van der Waals surface area contributed by atoms with Gasteiger partial charge < -0.3 is 15.3 Å². The molecule has 1 heterocycles. The van der Waals surface area contributed by atoms with E-state index >= 15 is 0 Å². The first-order valence-corrected chi connectivity index (χ1v) is 8.51. The van der Waals surface area contributed by atoms with E-state index in [4.69, 9.17) is 0 Å². The molecule has 0 aliphatic heterocycles. The molecule has 2 rings (SSSR count). The number of benzene rings is 1. The van der Waals surface area contributed by atoms with E-state index in [0.717, 1.165) is 11.3 Å². The van der Waals surface area contributed by atoms with Crippen LogP contribution in [-0.4, -0.2) is 46.3 Å². The van der Waals surface area contributed by atoms with Crippen LogP contribution in [0.15, 0.2) is 35.6 Å². The highest BCUT2D eigenvalue weighted by Gasteiger charge is 2.19. The Bertz CT molecular complexity index is 775. The van der Waals surface area contributed by atoms with Crippen molar-refractivity contribution in [3.8, 4) is 0 Å². The average molecular weight is 344 g/mol. The molecule has 0 saturated heterocycles. The number of thioether (sulfide) groups is 1. The number of nitrogens with zero attached hydrogens (tertiary/aromatic N) is 3. The third-order valence-corrected chi connectivity index (χ3v) is 3.67. The Hall–Kier alpha value is -2.54. The first kappa shape index (κ1) is 17.8. The summed E-state index contributed by atoms with van der Waals surface area (Å²) in [6.45, 7) is 1.97. The summed E-state index contributed by atoms with van der Waals surface area (Å²) in [6.07, 6.45) is 5.28. The Morgan fingerprint density at radius 1 is 1.33 bits per heavy atom. The molecule has 2 aromatic rings. The fraction of sp³-hybridized carbons (Fsp3) is 0.235.